The molecular weight excluding hydrogens is 427 g/mol. The van der Waals surface area contributed by atoms with Gasteiger partial charge in [0.15, 0.2) is 5.96 Å². The van der Waals surface area contributed by atoms with Crippen LogP contribution in [0.5, 0.6) is 5.75 Å². The Morgan fingerprint density at radius 3 is 2.72 bits per heavy atom. The van der Waals surface area contributed by atoms with Crippen LogP contribution in [0.25, 0.3) is 0 Å². The molecule has 0 saturated carbocycles. The van der Waals surface area contributed by atoms with Crippen LogP contribution >= 0.6 is 24.0 Å². The predicted molar refractivity (Wildman–Crippen MR) is 114 cm³/mol. The molecule has 1 unspecified atom stereocenters. The van der Waals surface area contributed by atoms with Crippen LogP contribution in [-0.4, -0.2) is 37.2 Å². The lowest BCUT2D eigenvalue weighted by Gasteiger charge is -2.18. The number of hydrogen-bond donors (Lipinski definition) is 2. The van der Waals surface area contributed by atoms with E-state index in [4.69, 9.17) is 4.74 Å². The molecule has 0 saturated heterocycles. The van der Waals surface area contributed by atoms with E-state index in [-0.39, 0.29) is 30.1 Å². The van der Waals surface area contributed by atoms with Crippen molar-refractivity contribution in [3.05, 3.63) is 59.9 Å². The summed E-state index contributed by atoms with van der Waals surface area (Å²) in [5.74, 6) is 1.66. The summed E-state index contributed by atoms with van der Waals surface area (Å²) in [6.07, 6.45) is 2.71. The third-order valence-corrected chi connectivity index (χ3v) is 3.51. The van der Waals surface area contributed by atoms with E-state index in [1.807, 2.05) is 49.5 Å². The molecule has 1 atom stereocenters. The molecule has 25 heavy (non-hydrogen) atoms. The molecular formula is C19H27IN4O. The molecule has 1 heterocycles. The Hall–Kier alpha value is -1.83. The van der Waals surface area contributed by atoms with Crippen molar-refractivity contribution in [2.45, 2.75) is 26.4 Å². The number of pyridine rings is 1. The van der Waals surface area contributed by atoms with Gasteiger partial charge in [-0.1, -0.05) is 18.2 Å². The summed E-state index contributed by atoms with van der Waals surface area (Å²) < 4.78 is 5.91. The van der Waals surface area contributed by atoms with Gasteiger partial charge >= 0.3 is 0 Å². The Morgan fingerprint density at radius 1 is 1.20 bits per heavy atom. The van der Waals surface area contributed by atoms with E-state index in [2.05, 4.69) is 33.6 Å². The van der Waals surface area contributed by atoms with Crippen LogP contribution in [-0.2, 0) is 6.42 Å². The van der Waals surface area contributed by atoms with Crippen molar-refractivity contribution < 1.29 is 4.74 Å². The zero-order valence-electron chi connectivity index (χ0n) is 15.0. The monoisotopic (exact) mass is 454 g/mol. The number of aliphatic imine (C=N–C) groups is 1. The van der Waals surface area contributed by atoms with Crippen molar-refractivity contribution >= 4 is 29.9 Å². The van der Waals surface area contributed by atoms with E-state index in [0.29, 0.717) is 6.54 Å². The molecule has 0 spiro atoms. The number of rotatable bonds is 7. The quantitative estimate of drug-likeness (QED) is 0.384. The smallest absolute Gasteiger partial charge is 0.191 e. The molecule has 0 amide bonds. The van der Waals surface area contributed by atoms with Gasteiger partial charge in [0.05, 0.1) is 6.54 Å². The summed E-state index contributed by atoms with van der Waals surface area (Å²) in [4.78, 5) is 8.54. The second-order valence-corrected chi connectivity index (χ2v) is 5.70. The Balaban J connectivity index is 0.00000312. The summed E-state index contributed by atoms with van der Waals surface area (Å²) in [7, 11) is 1.77. The van der Waals surface area contributed by atoms with Crippen LogP contribution < -0.4 is 15.4 Å². The summed E-state index contributed by atoms with van der Waals surface area (Å²) in [5, 5.41) is 6.57. The minimum atomic E-state index is 0. The molecule has 0 aliphatic rings. The van der Waals surface area contributed by atoms with E-state index in [9.17, 15) is 0 Å². The summed E-state index contributed by atoms with van der Waals surface area (Å²) in [6.45, 7) is 5.56. The van der Waals surface area contributed by atoms with Gasteiger partial charge in [-0.25, -0.2) is 0 Å². The molecule has 0 aliphatic carbocycles. The van der Waals surface area contributed by atoms with Gasteiger partial charge in [-0.2, -0.15) is 0 Å². The number of aryl methyl sites for hydroxylation is 1. The van der Waals surface area contributed by atoms with Gasteiger partial charge in [0.2, 0.25) is 0 Å². The highest BCUT2D eigenvalue weighted by Gasteiger charge is 2.06. The molecule has 2 rings (SSSR count). The molecule has 0 aliphatic heterocycles. The number of ether oxygens (including phenoxy) is 1. The molecule has 2 aromatic rings. The van der Waals surface area contributed by atoms with E-state index in [1.165, 1.54) is 5.56 Å². The van der Waals surface area contributed by atoms with Crippen LogP contribution in [0.4, 0.5) is 0 Å². The van der Waals surface area contributed by atoms with Crippen molar-refractivity contribution in [2.75, 3.05) is 20.1 Å². The van der Waals surface area contributed by atoms with Crippen LogP contribution in [0, 0.1) is 6.92 Å². The number of guanidine groups is 1. The van der Waals surface area contributed by atoms with Crippen LogP contribution in [0.15, 0.2) is 53.7 Å². The Kier molecular flexibility index (Phi) is 9.91. The summed E-state index contributed by atoms with van der Waals surface area (Å²) >= 11 is 0. The van der Waals surface area contributed by atoms with Crippen LogP contribution in [0.1, 0.15) is 18.2 Å². The fourth-order valence-electron chi connectivity index (χ4n) is 2.28. The lowest BCUT2D eigenvalue weighted by molar-refractivity contribution is 0.223. The number of hydrogen-bond acceptors (Lipinski definition) is 3. The molecule has 0 radical (unpaired) electrons. The summed E-state index contributed by atoms with van der Waals surface area (Å²) in [5.41, 5.74) is 2.26. The number of aromatic nitrogens is 1. The topological polar surface area (TPSA) is 58.5 Å². The average Bonchev–Trinajstić information content (AvgIpc) is 2.59. The SMILES string of the molecule is CN=C(NCCc1ccccn1)NCC(C)Oc1cccc(C)c1.I. The first-order valence-corrected chi connectivity index (χ1v) is 8.25. The third kappa shape index (κ3) is 8.20. The molecule has 6 heteroatoms. The number of nitrogens with zero attached hydrogens (tertiary/aromatic N) is 2. The second-order valence-electron chi connectivity index (χ2n) is 5.70. The highest BCUT2D eigenvalue weighted by Crippen LogP contribution is 2.13. The highest BCUT2D eigenvalue weighted by molar-refractivity contribution is 14.0. The molecule has 1 aromatic heterocycles. The zero-order valence-corrected chi connectivity index (χ0v) is 17.4. The van der Waals surface area contributed by atoms with Gasteiger partial charge < -0.3 is 15.4 Å². The fraction of sp³-hybridized carbons (Fsp3) is 0.368. The zero-order chi connectivity index (χ0) is 17.2. The largest absolute Gasteiger partial charge is 0.489 e. The van der Waals surface area contributed by atoms with Crippen LogP contribution in [0.3, 0.4) is 0 Å². The maximum Gasteiger partial charge on any atom is 0.191 e. The molecule has 2 N–H and O–H groups in total. The van der Waals surface area contributed by atoms with E-state index < -0.39 is 0 Å². The fourth-order valence-corrected chi connectivity index (χ4v) is 2.28. The second kappa shape index (κ2) is 11.7. The van der Waals surface area contributed by atoms with Gasteiger partial charge in [0.1, 0.15) is 11.9 Å². The van der Waals surface area contributed by atoms with Crippen molar-refractivity contribution in [2.24, 2.45) is 4.99 Å². The third-order valence-electron chi connectivity index (χ3n) is 3.51. The normalized spacial score (nSPS) is 12.0. The highest BCUT2D eigenvalue weighted by atomic mass is 127. The first kappa shape index (κ1) is 21.2. The Morgan fingerprint density at radius 2 is 2.04 bits per heavy atom. The predicted octanol–water partition coefficient (Wildman–Crippen LogP) is 3.18. The van der Waals surface area contributed by atoms with Crippen molar-refractivity contribution in [3.8, 4) is 5.75 Å². The van der Waals surface area contributed by atoms with Gasteiger partial charge in [-0.05, 0) is 43.7 Å². The maximum absolute atomic E-state index is 5.91. The first-order valence-electron chi connectivity index (χ1n) is 8.25. The molecule has 136 valence electrons. The van der Waals surface area contributed by atoms with Gasteiger partial charge in [0, 0.05) is 31.9 Å². The summed E-state index contributed by atoms with van der Waals surface area (Å²) in [6, 6.07) is 14.0. The Bertz CT molecular complexity index is 649. The minimum Gasteiger partial charge on any atom is -0.489 e. The molecule has 1 aromatic carbocycles. The van der Waals surface area contributed by atoms with Crippen molar-refractivity contribution in [3.63, 3.8) is 0 Å². The van der Waals surface area contributed by atoms with Gasteiger partial charge in [0.25, 0.3) is 0 Å². The maximum atomic E-state index is 5.91. The van der Waals surface area contributed by atoms with E-state index >= 15 is 0 Å². The number of halogens is 1. The van der Waals surface area contributed by atoms with Gasteiger partial charge in [-0.15, -0.1) is 24.0 Å². The van der Waals surface area contributed by atoms with Crippen molar-refractivity contribution in [1.29, 1.82) is 0 Å². The molecule has 5 nitrogen and oxygen atoms in total. The van der Waals surface area contributed by atoms with E-state index in [1.54, 1.807) is 7.05 Å². The standard InChI is InChI=1S/C19H26N4O.HI/c1-15-7-6-9-18(13-15)24-16(2)14-23-19(20-3)22-12-10-17-8-4-5-11-21-17;/h4-9,11,13,16H,10,12,14H2,1-3H3,(H2,20,22,23);1H. The molecule has 0 fully saturated rings. The van der Waals surface area contributed by atoms with Gasteiger partial charge in [-0.3, -0.25) is 9.98 Å². The minimum absolute atomic E-state index is 0. The lowest BCUT2D eigenvalue weighted by atomic mass is 10.2. The number of benzene rings is 1. The number of nitrogens with one attached hydrogen (secondary N) is 2. The first-order chi connectivity index (χ1) is 11.7. The van der Waals surface area contributed by atoms with Crippen molar-refractivity contribution in [1.82, 2.24) is 15.6 Å². The average molecular weight is 454 g/mol. The molecule has 0 bridgehead atoms. The lowest BCUT2D eigenvalue weighted by Crippen LogP contribution is -2.42. The van der Waals surface area contributed by atoms with E-state index in [0.717, 1.165) is 30.4 Å². The van der Waals surface area contributed by atoms with Crippen LogP contribution in [0.2, 0.25) is 0 Å². The Labute approximate surface area is 167 Å².